The number of fused-ring (bicyclic) bond motifs is 1. The molecule has 2 N–H and O–H groups in total. The number of aromatic nitrogens is 1. The Kier molecular flexibility index (Phi) is 6.99. The molecule has 0 aliphatic rings. The molecule has 39 heavy (non-hydrogen) atoms. The van der Waals surface area contributed by atoms with Crippen molar-refractivity contribution in [2.45, 2.75) is 18.7 Å². The maximum Gasteiger partial charge on any atom is 0.265 e. The number of hydrogen-bond donors (Lipinski definition) is 2. The molecule has 0 saturated heterocycles. The minimum absolute atomic E-state index is 0.0537. The van der Waals surface area contributed by atoms with Crippen molar-refractivity contribution in [3.8, 4) is 11.6 Å². The molecular weight excluding hydrogens is 534 g/mol. The van der Waals surface area contributed by atoms with Crippen molar-refractivity contribution in [3.05, 3.63) is 123 Å². The Morgan fingerprint density at radius 1 is 0.872 bits per heavy atom. The molecule has 7 nitrogen and oxygen atoms in total. The lowest BCUT2D eigenvalue weighted by Crippen LogP contribution is -2.20. The number of aryl methyl sites for hydroxylation is 2. The predicted molar refractivity (Wildman–Crippen MR) is 157 cm³/mol. The van der Waals surface area contributed by atoms with Crippen molar-refractivity contribution >= 4 is 50.0 Å². The molecule has 9 heteroatoms. The van der Waals surface area contributed by atoms with E-state index in [1.54, 1.807) is 60.7 Å². The third-order valence-corrected chi connectivity index (χ3v) is 8.05. The number of nitrogens with one attached hydrogen (secondary N) is 1. The van der Waals surface area contributed by atoms with Crippen LogP contribution in [0.4, 0.5) is 11.4 Å². The van der Waals surface area contributed by atoms with Crippen LogP contribution in [0.2, 0.25) is 5.02 Å². The lowest BCUT2D eigenvalue weighted by atomic mass is 10.1. The predicted octanol–water partition coefficient (Wildman–Crippen LogP) is 6.52. The normalized spacial score (nSPS) is 11.8. The number of nitrogens with zero attached hydrogens (tertiary/aromatic N) is 2. The average Bonchev–Trinajstić information content (AvgIpc) is 2.91. The number of sulfonamides is 1. The quantitative estimate of drug-likeness (QED) is 0.232. The van der Waals surface area contributed by atoms with Gasteiger partial charge in [-0.1, -0.05) is 41.9 Å². The van der Waals surface area contributed by atoms with Gasteiger partial charge in [0.25, 0.3) is 15.6 Å². The molecule has 0 radical (unpaired) electrons. The zero-order chi connectivity index (χ0) is 27.7. The molecule has 0 bridgehead atoms. The van der Waals surface area contributed by atoms with Crippen LogP contribution in [0.15, 0.2) is 106 Å². The van der Waals surface area contributed by atoms with Crippen LogP contribution in [0, 0.1) is 13.8 Å². The van der Waals surface area contributed by atoms with Crippen molar-refractivity contribution in [2.75, 3.05) is 4.72 Å². The number of pyridine rings is 1. The SMILES string of the molecule is Cc1ccc(-n2c(O)c(C=Nc3ccc(S(=O)(=O)Nc4cccc(Cl)c4)cc3)c3ccccc3c2=O)cc1C. The van der Waals surface area contributed by atoms with Crippen LogP contribution >= 0.6 is 11.6 Å². The number of aromatic hydroxyl groups is 1. The summed E-state index contributed by atoms with van der Waals surface area (Å²) >= 11 is 5.95. The second kappa shape index (κ2) is 10.4. The van der Waals surface area contributed by atoms with Crippen molar-refractivity contribution in [1.29, 1.82) is 0 Å². The van der Waals surface area contributed by atoms with E-state index in [4.69, 9.17) is 11.6 Å². The zero-order valence-corrected chi connectivity index (χ0v) is 22.7. The molecule has 0 saturated carbocycles. The minimum Gasteiger partial charge on any atom is -0.494 e. The third-order valence-electron chi connectivity index (χ3n) is 6.42. The van der Waals surface area contributed by atoms with Gasteiger partial charge < -0.3 is 5.11 Å². The Bertz CT molecular complexity index is 1910. The number of halogens is 1. The van der Waals surface area contributed by atoms with Crippen LogP contribution in [0.25, 0.3) is 16.5 Å². The first-order valence-corrected chi connectivity index (χ1v) is 13.9. The highest BCUT2D eigenvalue weighted by Gasteiger charge is 2.17. The first kappa shape index (κ1) is 26.2. The summed E-state index contributed by atoms with van der Waals surface area (Å²) in [5.41, 5.74) is 3.44. The molecule has 0 unspecified atom stereocenters. The van der Waals surface area contributed by atoms with Crippen molar-refractivity contribution in [3.63, 3.8) is 0 Å². The van der Waals surface area contributed by atoms with Crippen LogP contribution in [0.5, 0.6) is 5.88 Å². The van der Waals surface area contributed by atoms with E-state index in [9.17, 15) is 18.3 Å². The van der Waals surface area contributed by atoms with E-state index in [0.29, 0.717) is 38.4 Å². The number of aliphatic imine (C=N–C) groups is 1. The molecule has 0 aliphatic heterocycles. The maximum absolute atomic E-state index is 13.3. The van der Waals surface area contributed by atoms with Crippen LogP contribution in [-0.4, -0.2) is 24.3 Å². The molecule has 1 heterocycles. The van der Waals surface area contributed by atoms with Crippen molar-refractivity contribution in [2.24, 2.45) is 4.99 Å². The smallest absolute Gasteiger partial charge is 0.265 e. The second-order valence-corrected chi connectivity index (χ2v) is 11.2. The van der Waals surface area contributed by atoms with Crippen LogP contribution < -0.4 is 10.3 Å². The van der Waals surface area contributed by atoms with Crippen LogP contribution in [0.1, 0.15) is 16.7 Å². The molecule has 0 spiro atoms. The lowest BCUT2D eigenvalue weighted by Gasteiger charge is -2.14. The van der Waals surface area contributed by atoms with Gasteiger partial charge in [0.15, 0.2) is 0 Å². The molecule has 1 aromatic heterocycles. The van der Waals surface area contributed by atoms with Gasteiger partial charge in [0.2, 0.25) is 5.88 Å². The number of anilines is 1. The van der Waals surface area contributed by atoms with Gasteiger partial charge in [0, 0.05) is 22.0 Å². The molecule has 5 aromatic rings. The van der Waals surface area contributed by atoms with Crippen molar-refractivity contribution in [1.82, 2.24) is 4.57 Å². The molecule has 5 rings (SSSR count). The second-order valence-electron chi connectivity index (χ2n) is 9.06. The highest BCUT2D eigenvalue weighted by atomic mass is 35.5. The molecule has 0 atom stereocenters. The third kappa shape index (κ3) is 5.30. The standard InChI is InChI=1S/C30H24ClN3O4S/c1-19-10-13-24(16-20(19)2)34-29(35)27-9-4-3-8-26(27)28(30(34)36)18-32-22-11-14-25(15-12-22)39(37,38)33-23-7-5-6-21(31)17-23/h3-18,33,36H,1-2H3. The highest BCUT2D eigenvalue weighted by Crippen LogP contribution is 2.28. The number of hydrogen-bond acceptors (Lipinski definition) is 5. The molecular formula is C30H24ClN3O4S. The minimum atomic E-state index is -3.84. The Hall–Kier alpha value is -4.40. The summed E-state index contributed by atoms with van der Waals surface area (Å²) in [7, 11) is -3.84. The topological polar surface area (TPSA) is 101 Å². The van der Waals surface area contributed by atoms with Gasteiger partial charge in [0.1, 0.15) is 0 Å². The Labute approximate surface area is 230 Å². The van der Waals surface area contributed by atoms with E-state index >= 15 is 0 Å². The Morgan fingerprint density at radius 3 is 2.28 bits per heavy atom. The largest absolute Gasteiger partial charge is 0.494 e. The van der Waals surface area contributed by atoms with Gasteiger partial charge in [-0.05, 0) is 85.6 Å². The summed E-state index contributed by atoms with van der Waals surface area (Å²) in [6.45, 7) is 3.92. The molecule has 4 aromatic carbocycles. The van der Waals surface area contributed by atoms with Gasteiger partial charge in [-0.2, -0.15) is 0 Å². The van der Waals surface area contributed by atoms with Gasteiger partial charge in [-0.15, -0.1) is 0 Å². The summed E-state index contributed by atoms with van der Waals surface area (Å²) in [5, 5.41) is 12.6. The van der Waals surface area contributed by atoms with Crippen molar-refractivity contribution < 1.29 is 13.5 Å². The van der Waals surface area contributed by atoms with E-state index in [1.807, 2.05) is 26.0 Å². The fourth-order valence-corrected chi connectivity index (χ4v) is 5.45. The summed E-state index contributed by atoms with van der Waals surface area (Å²) in [6, 6.07) is 25.0. The summed E-state index contributed by atoms with van der Waals surface area (Å²) < 4.78 is 29.3. The monoisotopic (exact) mass is 557 g/mol. The summed E-state index contributed by atoms with van der Waals surface area (Å²) in [4.78, 5) is 17.9. The average molecular weight is 558 g/mol. The van der Waals surface area contributed by atoms with E-state index in [1.165, 1.54) is 29.0 Å². The van der Waals surface area contributed by atoms with Gasteiger partial charge >= 0.3 is 0 Å². The number of benzene rings is 4. The van der Waals surface area contributed by atoms with E-state index in [2.05, 4.69) is 9.71 Å². The lowest BCUT2D eigenvalue weighted by molar-refractivity contribution is 0.436. The van der Waals surface area contributed by atoms with Crippen LogP contribution in [0.3, 0.4) is 0 Å². The Balaban J connectivity index is 1.52. The maximum atomic E-state index is 13.3. The summed E-state index contributed by atoms with van der Waals surface area (Å²) in [5.74, 6) is -0.240. The molecule has 0 amide bonds. The first-order chi connectivity index (χ1) is 18.6. The van der Waals surface area contributed by atoms with E-state index in [0.717, 1.165) is 11.1 Å². The summed E-state index contributed by atoms with van der Waals surface area (Å²) in [6.07, 6.45) is 1.47. The van der Waals surface area contributed by atoms with Crippen LogP contribution in [-0.2, 0) is 10.0 Å². The fourth-order valence-electron chi connectivity index (χ4n) is 4.21. The number of rotatable bonds is 6. The van der Waals surface area contributed by atoms with Gasteiger partial charge in [-0.3, -0.25) is 14.5 Å². The van der Waals surface area contributed by atoms with E-state index in [-0.39, 0.29) is 16.3 Å². The molecule has 0 fully saturated rings. The Morgan fingerprint density at radius 2 is 1.59 bits per heavy atom. The highest BCUT2D eigenvalue weighted by molar-refractivity contribution is 7.92. The zero-order valence-electron chi connectivity index (χ0n) is 21.1. The fraction of sp³-hybridized carbons (Fsp3) is 0.0667. The molecule has 196 valence electrons. The van der Waals surface area contributed by atoms with Gasteiger partial charge in [-0.25, -0.2) is 13.0 Å². The van der Waals surface area contributed by atoms with Gasteiger partial charge in [0.05, 0.1) is 27.5 Å². The molecule has 0 aliphatic carbocycles. The van der Waals surface area contributed by atoms with E-state index < -0.39 is 10.0 Å². The first-order valence-electron chi connectivity index (χ1n) is 12.0.